The third kappa shape index (κ3) is 3.33. The summed E-state index contributed by atoms with van der Waals surface area (Å²) >= 11 is 6.34. The van der Waals surface area contributed by atoms with Crippen LogP contribution in [0.4, 0.5) is 10.1 Å². The molecule has 3 nitrogen and oxygen atoms in total. The zero-order valence-corrected chi connectivity index (χ0v) is 12.6. The van der Waals surface area contributed by atoms with Crippen molar-refractivity contribution in [2.45, 2.75) is 0 Å². The number of aromatic hydroxyl groups is 1. The van der Waals surface area contributed by atoms with Gasteiger partial charge in [0.05, 0.1) is 8.95 Å². The van der Waals surface area contributed by atoms with Crippen LogP contribution >= 0.6 is 31.9 Å². The molecule has 0 aliphatic heterocycles. The molecule has 0 fully saturated rings. The van der Waals surface area contributed by atoms with Gasteiger partial charge in [0, 0.05) is 11.3 Å². The molecule has 0 aliphatic rings. The van der Waals surface area contributed by atoms with Crippen LogP contribution < -0.4 is 5.32 Å². The smallest absolute Gasteiger partial charge is 0.255 e. The average molecular weight is 389 g/mol. The number of rotatable bonds is 2. The minimum atomic E-state index is -0.397. The first-order valence-corrected chi connectivity index (χ1v) is 6.81. The summed E-state index contributed by atoms with van der Waals surface area (Å²) in [6.45, 7) is 0. The van der Waals surface area contributed by atoms with Crippen molar-refractivity contribution in [1.29, 1.82) is 0 Å². The van der Waals surface area contributed by atoms with Crippen molar-refractivity contribution in [3.63, 3.8) is 0 Å². The normalized spacial score (nSPS) is 10.3. The number of benzene rings is 2. The summed E-state index contributed by atoms with van der Waals surface area (Å²) in [5, 5.41) is 12.2. The average Bonchev–Trinajstić information content (AvgIpc) is 2.36. The summed E-state index contributed by atoms with van der Waals surface area (Å²) in [7, 11) is 0. The molecule has 1 amide bonds. The van der Waals surface area contributed by atoms with E-state index in [0.717, 1.165) is 0 Å². The second-order valence-corrected chi connectivity index (χ2v) is 5.46. The quantitative estimate of drug-likeness (QED) is 0.753. The Hall–Kier alpha value is -1.40. The van der Waals surface area contributed by atoms with Crippen LogP contribution in [0.5, 0.6) is 5.75 Å². The number of phenols is 1. The first-order chi connectivity index (χ1) is 8.97. The molecule has 0 radical (unpaired) electrons. The molecule has 19 heavy (non-hydrogen) atoms. The predicted octanol–water partition coefficient (Wildman–Crippen LogP) is 4.31. The molecular formula is C13H8Br2FNO2. The van der Waals surface area contributed by atoms with E-state index in [1.54, 1.807) is 12.1 Å². The van der Waals surface area contributed by atoms with Gasteiger partial charge in [-0.2, -0.15) is 0 Å². The molecule has 0 aliphatic carbocycles. The zero-order valence-electron chi connectivity index (χ0n) is 9.45. The SMILES string of the molecule is O=C(Nc1cc(Br)c(O)c(Br)c1)c1ccc(F)cc1. The number of nitrogens with one attached hydrogen (secondary N) is 1. The van der Waals surface area contributed by atoms with Crippen LogP contribution in [0.15, 0.2) is 45.3 Å². The van der Waals surface area contributed by atoms with Gasteiger partial charge in [-0.3, -0.25) is 4.79 Å². The number of phenolic OH excluding ortho intramolecular Hbond substituents is 1. The van der Waals surface area contributed by atoms with Gasteiger partial charge in [0.1, 0.15) is 11.6 Å². The lowest BCUT2D eigenvalue weighted by atomic mass is 10.2. The van der Waals surface area contributed by atoms with Crippen molar-refractivity contribution >= 4 is 43.5 Å². The van der Waals surface area contributed by atoms with E-state index in [1.807, 2.05) is 0 Å². The first kappa shape index (κ1) is 14.0. The highest BCUT2D eigenvalue weighted by Crippen LogP contribution is 2.35. The lowest BCUT2D eigenvalue weighted by molar-refractivity contribution is 0.102. The Kier molecular flexibility index (Phi) is 4.21. The van der Waals surface area contributed by atoms with Crippen LogP contribution in [0.1, 0.15) is 10.4 Å². The zero-order chi connectivity index (χ0) is 14.0. The summed E-state index contributed by atoms with van der Waals surface area (Å²) in [5.41, 5.74) is 0.854. The van der Waals surface area contributed by atoms with E-state index >= 15 is 0 Å². The van der Waals surface area contributed by atoms with Gasteiger partial charge in [0.25, 0.3) is 5.91 Å². The molecule has 2 aromatic carbocycles. The highest BCUT2D eigenvalue weighted by atomic mass is 79.9. The molecule has 0 bridgehead atoms. The molecule has 98 valence electrons. The van der Waals surface area contributed by atoms with E-state index in [1.165, 1.54) is 24.3 Å². The molecule has 0 spiro atoms. The van der Waals surface area contributed by atoms with E-state index < -0.39 is 5.82 Å². The largest absolute Gasteiger partial charge is 0.506 e. The molecule has 6 heteroatoms. The molecule has 0 aromatic heterocycles. The maximum Gasteiger partial charge on any atom is 0.255 e. The highest BCUT2D eigenvalue weighted by Gasteiger charge is 2.10. The van der Waals surface area contributed by atoms with Crippen LogP contribution in [0.3, 0.4) is 0 Å². The first-order valence-electron chi connectivity index (χ1n) is 5.22. The second-order valence-electron chi connectivity index (χ2n) is 3.75. The summed E-state index contributed by atoms with van der Waals surface area (Å²) < 4.78 is 13.7. The Morgan fingerprint density at radius 3 is 2.16 bits per heavy atom. The highest BCUT2D eigenvalue weighted by molar-refractivity contribution is 9.11. The molecule has 0 saturated heterocycles. The fourth-order valence-electron chi connectivity index (χ4n) is 1.44. The number of carbonyl (C=O) groups excluding carboxylic acids is 1. The Morgan fingerprint density at radius 2 is 1.63 bits per heavy atom. The minimum Gasteiger partial charge on any atom is -0.506 e. The number of hydrogen-bond acceptors (Lipinski definition) is 2. The van der Waals surface area contributed by atoms with Crippen LogP contribution in [-0.2, 0) is 0 Å². The van der Waals surface area contributed by atoms with Gasteiger partial charge >= 0.3 is 0 Å². The summed E-state index contributed by atoms with van der Waals surface area (Å²) in [5.74, 6) is -0.698. The monoisotopic (exact) mass is 387 g/mol. The minimum absolute atomic E-state index is 0.0554. The molecule has 2 rings (SSSR count). The third-order valence-electron chi connectivity index (χ3n) is 2.38. The van der Waals surface area contributed by atoms with Crippen LogP contribution in [0, 0.1) is 5.82 Å². The third-order valence-corrected chi connectivity index (χ3v) is 3.59. The summed E-state index contributed by atoms with van der Waals surface area (Å²) in [6.07, 6.45) is 0. The maximum atomic E-state index is 12.8. The Balaban J connectivity index is 2.22. The summed E-state index contributed by atoms with van der Waals surface area (Å²) in [6, 6.07) is 8.38. The van der Waals surface area contributed by atoms with Gasteiger partial charge in [-0.15, -0.1) is 0 Å². The van der Waals surface area contributed by atoms with Crippen LogP contribution in [0.2, 0.25) is 0 Å². The fourth-order valence-corrected chi connectivity index (χ4v) is 2.63. The van der Waals surface area contributed by atoms with E-state index in [4.69, 9.17) is 0 Å². The van der Waals surface area contributed by atoms with Crippen molar-refractivity contribution in [2.75, 3.05) is 5.32 Å². The van der Waals surface area contributed by atoms with Gasteiger partial charge in [-0.1, -0.05) is 0 Å². The molecule has 0 heterocycles. The Morgan fingerprint density at radius 1 is 1.11 bits per heavy atom. The van der Waals surface area contributed by atoms with Gasteiger partial charge in [-0.25, -0.2) is 4.39 Å². The van der Waals surface area contributed by atoms with E-state index in [-0.39, 0.29) is 11.7 Å². The number of amides is 1. The summed E-state index contributed by atoms with van der Waals surface area (Å²) in [4.78, 5) is 11.9. The number of anilines is 1. The number of hydrogen-bond donors (Lipinski definition) is 2. The standard InChI is InChI=1S/C13H8Br2FNO2/c14-10-5-9(6-11(15)12(10)18)17-13(19)7-1-3-8(16)4-2-7/h1-6,18H,(H,17,19). The van der Waals surface area contributed by atoms with Crippen LogP contribution in [-0.4, -0.2) is 11.0 Å². The topological polar surface area (TPSA) is 49.3 Å². The lowest BCUT2D eigenvalue weighted by Crippen LogP contribution is -2.11. The maximum absolute atomic E-state index is 12.8. The number of halogens is 3. The Bertz CT molecular complexity index is 606. The van der Waals surface area contributed by atoms with E-state index in [0.29, 0.717) is 20.2 Å². The lowest BCUT2D eigenvalue weighted by Gasteiger charge is -2.08. The Labute approximate surface area is 125 Å². The van der Waals surface area contributed by atoms with Crippen molar-refractivity contribution in [3.8, 4) is 5.75 Å². The van der Waals surface area contributed by atoms with E-state index in [9.17, 15) is 14.3 Å². The van der Waals surface area contributed by atoms with Gasteiger partial charge < -0.3 is 10.4 Å². The van der Waals surface area contributed by atoms with Gasteiger partial charge in [0.2, 0.25) is 0 Å². The van der Waals surface area contributed by atoms with Gasteiger partial charge in [0.15, 0.2) is 0 Å². The number of carbonyl (C=O) groups is 1. The molecule has 0 saturated carbocycles. The molecule has 2 aromatic rings. The molecular weight excluding hydrogens is 381 g/mol. The van der Waals surface area contributed by atoms with Gasteiger partial charge in [-0.05, 0) is 68.3 Å². The van der Waals surface area contributed by atoms with Crippen molar-refractivity contribution < 1.29 is 14.3 Å². The molecule has 2 N–H and O–H groups in total. The van der Waals surface area contributed by atoms with Crippen LogP contribution in [0.25, 0.3) is 0 Å². The molecule has 0 atom stereocenters. The predicted molar refractivity (Wildman–Crippen MR) is 77.9 cm³/mol. The van der Waals surface area contributed by atoms with Crippen molar-refractivity contribution in [1.82, 2.24) is 0 Å². The fraction of sp³-hybridized carbons (Fsp3) is 0. The van der Waals surface area contributed by atoms with Crippen molar-refractivity contribution in [2.24, 2.45) is 0 Å². The second kappa shape index (κ2) is 5.71. The van der Waals surface area contributed by atoms with Crippen molar-refractivity contribution in [3.05, 3.63) is 56.7 Å². The van der Waals surface area contributed by atoms with E-state index in [2.05, 4.69) is 37.2 Å². The molecule has 0 unspecified atom stereocenters.